The van der Waals surface area contributed by atoms with Crippen LogP contribution in [0.5, 0.6) is 11.5 Å². The number of nitrogens with one attached hydrogen (secondary N) is 1. The number of hydrogen-bond acceptors (Lipinski definition) is 6. The van der Waals surface area contributed by atoms with Crippen LogP contribution < -0.4 is 14.2 Å². The lowest BCUT2D eigenvalue weighted by molar-refractivity contribution is -0.383. The highest BCUT2D eigenvalue weighted by Crippen LogP contribution is 2.40. The van der Waals surface area contributed by atoms with Gasteiger partial charge in [0.1, 0.15) is 10.9 Å². The molecule has 1 heterocycles. The van der Waals surface area contributed by atoms with E-state index in [4.69, 9.17) is 21.1 Å². The zero-order valence-electron chi connectivity index (χ0n) is 8.75. The van der Waals surface area contributed by atoms with Crippen LogP contribution in [0, 0.1) is 10.1 Å². The third-order valence-corrected chi connectivity index (χ3v) is 3.78. The summed E-state index contributed by atoms with van der Waals surface area (Å²) < 4.78 is 34.6. The first-order chi connectivity index (χ1) is 8.43. The topological polar surface area (TPSA) is 108 Å². The van der Waals surface area contributed by atoms with Gasteiger partial charge in [-0.2, -0.15) is 0 Å². The van der Waals surface area contributed by atoms with Crippen molar-refractivity contribution in [3.63, 3.8) is 0 Å². The molecule has 2 rings (SSSR count). The highest BCUT2D eigenvalue weighted by molar-refractivity contribution is 7.93. The second kappa shape index (κ2) is 4.50. The van der Waals surface area contributed by atoms with E-state index in [0.717, 1.165) is 6.07 Å². The van der Waals surface area contributed by atoms with E-state index in [1.165, 1.54) is 6.07 Å². The summed E-state index contributed by atoms with van der Waals surface area (Å²) in [5.74, 6) is 0.420. The molecule has 0 unspecified atom stereocenters. The molecule has 0 fully saturated rings. The third-order valence-electron chi connectivity index (χ3n) is 2.10. The molecule has 0 atom stereocenters. The van der Waals surface area contributed by atoms with Gasteiger partial charge in [0.25, 0.3) is 5.69 Å². The summed E-state index contributed by atoms with van der Waals surface area (Å²) >= 11 is 5.22. The molecular weight excluding hydrogens is 288 g/mol. The standard InChI is InChI=1S/C8H7ClN2O6S/c9-3-18(14,15)10-5-1-7-8(17-4-16-7)2-6(5)11(12)13/h1-2,10H,3-4H2. The van der Waals surface area contributed by atoms with Crippen molar-refractivity contribution in [2.45, 2.75) is 0 Å². The second-order valence-electron chi connectivity index (χ2n) is 3.31. The lowest BCUT2D eigenvalue weighted by Crippen LogP contribution is -2.14. The smallest absolute Gasteiger partial charge is 0.297 e. The van der Waals surface area contributed by atoms with Crippen LogP contribution in [0.4, 0.5) is 11.4 Å². The summed E-state index contributed by atoms with van der Waals surface area (Å²) in [6, 6.07) is 2.28. The predicted molar refractivity (Wildman–Crippen MR) is 62.5 cm³/mol. The van der Waals surface area contributed by atoms with E-state index >= 15 is 0 Å². The van der Waals surface area contributed by atoms with Gasteiger partial charge in [-0.15, -0.1) is 11.6 Å². The number of ether oxygens (including phenoxy) is 2. The van der Waals surface area contributed by atoms with Gasteiger partial charge >= 0.3 is 0 Å². The SMILES string of the molecule is O=[N+]([O-])c1cc2c(cc1NS(=O)(=O)CCl)OCO2. The summed E-state index contributed by atoms with van der Waals surface area (Å²) in [5, 5.41) is 10.1. The van der Waals surface area contributed by atoms with Crippen LogP contribution in [0.15, 0.2) is 12.1 Å². The van der Waals surface area contributed by atoms with Crippen molar-refractivity contribution in [2.75, 3.05) is 16.7 Å². The Hall–Kier alpha value is -1.74. The van der Waals surface area contributed by atoms with E-state index in [1.54, 1.807) is 0 Å². The minimum atomic E-state index is -3.83. The average molecular weight is 295 g/mol. The first-order valence-corrected chi connectivity index (χ1v) is 6.76. The zero-order chi connectivity index (χ0) is 13.3. The van der Waals surface area contributed by atoms with Crippen LogP contribution in [-0.4, -0.2) is 25.3 Å². The van der Waals surface area contributed by atoms with Gasteiger partial charge in [-0.25, -0.2) is 8.42 Å². The molecule has 0 amide bonds. The van der Waals surface area contributed by atoms with E-state index in [1.807, 2.05) is 4.72 Å². The molecule has 1 aromatic rings. The van der Waals surface area contributed by atoms with Crippen molar-refractivity contribution < 1.29 is 22.8 Å². The van der Waals surface area contributed by atoms with Crippen molar-refractivity contribution in [2.24, 2.45) is 0 Å². The van der Waals surface area contributed by atoms with Crippen molar-refractivity contribution >= 4 is 33.0 Å². The fourth-order valence-corrected chi connectivity index (χ4v) is 2.08. The summed E-state index contributed by atoms with van der Waals surface area (Å²) in [6.45, 7) is -0.0712. The minimum Gasteiger partial charge on any atom is -0.454 e. The maximum Gasteiger partial charge on any atom is 0.297 e. The Bertz CT molecular complexity index is 602. The van der Waals surface area contributed by atoms with Gasteiger partial charge in [-0.05, 0) is 0 Å². The van der Waals surface area contributed by atoms with Gasteiger partial charge in [-0.3, -0.25) is 14.8 Å². The van der Waals surface area contributed by atoms with Gasteiger partial charge in [0.2, 0.25) is 16.8 Å². The molecule has 98 valence electrons. The van der Waals surface area contributed by atoms with E-state index in [2.05, 4.69) is 0 Å². The van der Waals surface area contributed by atoms with Crippen LogP contribution in [0.2, 0.25) is 0 Å². The number of nitrogens with zero attached hydrogens (tertiary/aromatic N) is 1. The number of nitro groups is 1. The Morgan fingerprint density at radius 3 is 2.56 bits per heavy atom. The van der Waals surface area contributed by atoms with E-state index in [0.29, 0.717) is 0 Å². The van der Waals surface area contributed by atoms with Crippen LogP contribution in [0.25, 0.3) is 0 Å². The summed E-state index contributed by atoms with van der Waals surface area (Å²) in [5.41, 5.74) is -0.655. The van der Waals surface area contributed by atoms with E-state index in [-0.39, 0.29) is 24.0 Å². The number of benzene rings is 1. The normalized spacial score (nSPS) is 13.4. The summed E-state index contributed by atoms with van der Waals surface area (Å²) in [4.78, 5) is 10.1. The zero-order valence-corrected chi connectivity index (χ0v) is 10.3. The minimum absolute atomic E-state index is 0.0712. The molecule has 8 nitrogen and oxygen atoms in total. The Morgan fingerprint density at radius 1 is 1.39 bits per heavy atom. The largest absolute Gasteiger partial charge is 0.454 e. The van der Waals surface area contributed by atoms with Gasteiger partial charge in [0.15, 0.2) is 11.5 Å². The molecule has 0 aliphatic carbocycles. The molecule has 1 N–H and O–H groups in total. The molecule has 0 bridgehead atoms. The molecule has 10 heteroatoms. The highest BCUT2D eigenvalue weighted by atomic mass is 35.5. The summed E-state index contributed by atoms with van der Waals surface area (Å²) in [7, 11) is -3.83. The highest BCUT2D eigenvalue weighted by Gasteiger charge is 2.25. The predicted octanol–water partition coefficient (Wildman–Crippen LogP) is 1.26. The third kappa shape index (κ3) is 2.41. The van der Waals surface area contributed by atoms with Crippen LogP contribution in [0.1, 0.15) is 0 Å². The number of fused-ring (bicyclic) bond motifs is 1. The van der Waals surface area contributed by atoms with Crippen LogP contribution in [0.3, 0.4) is 0 Å². The maximum atomic E-state index is 11.3. The second-order valence-corrected chi connectivity index (χ2v) is 5.61. The molecule has 0 aromatic heterocycles. The molecular formula is C8H7ClN2O6S. The number of sulfonamides is 1. The lowest BCUT2D eigenvalue weighted by atomic mass is 10.2. The van der Waals surface area contributed by atoms with Gasteiger partial charge in [0, 0.05) is 6.07 Å². The van der Waals surface area contributed by atoms with E-state index in [9.17, 15) is 18.5 Å². The van der Waals surface area contributed by atoms with Gasteiger partial charge in [-0.1, -0.05) is 0 Å². The van der Waals surface area contributed by atoms with Gasteiger partial charge < -0.3 is 9.47 Å². The van der Waals surface area contributed by atoms with Crippen molar-refractivity contribution in [1.29, 1.82) is 0 Å². The molecule has 18 heavy (non-hydrogen) atoms. The Labute approximate surface area is 107 Å². The van der Waals surface area contributed by atoms with Crippen molar-refractivity contribution in [3.8, 4) is 11.5 Å². The first kappa shape index (κ1) is 12.7. The number of alkyl halides is 1. The van der Waals surface area contributed by atoms with Crippen molar-refractivity contribution in [3.05, 3.63) is 22.2 Å². The average Bonchev–Trinajstić information content (AvgIpc) is 2.74. The molecule has 0 spiro atoms. The fourth-order valence-electron chi connectivity index (χ4n) is 1.36. The van der Waals surface area contributed by atoms with E-state index < -0.39 is 25.8 Å². The molecule has 1 aliphatic rings. The summed E-state index contributed by atoms with van der Waals surface area (Å²) in [6.07, 6.45) is 0. The number of halogens is 1. The maximum absolute atomic E-state index is 11.3. The van der Waals surface area contributed by atoms with Crippen molar-refractivity contribution in [1.82, 2.24) is 0 Å². The molecule has 1 aliphatic heterocycles. The number of hydrogen-bond donors (Lipinski definition) is 1. The molecule has 1 aromatic carbocycles. The Morgan fingerprint density at radius 2 is 2.00 bits per heavy atom. The van der Waals surface area contributed by atoms with Crippen LogP contribution in [-0.2, 0) is 10.0 Å². The fraction of sp³-hybridized carbons (Fsp3) is 0.250. The monoisotopic (exact) mass is 294 g/mol. The molecule has 0 radical (unpaired) electrons. The Balaban J connectivity index is 2.48. The molecule has 0 saturated heterocycles. The number of anilines is 1. The van der Waals surface area contributed by atoms with Gasteiger partial charge in [0.05, 0.1) is 11.0 Å². The van der Waals surface area contributed by atoms with Crippen LogP contribution >= 0.6 is 11.6 Å². The lowest BCUT2D eigenvalue weighted by Gasteiger charge is -2.07. The number of rotatable bonds is 4. The molecule has 0 saturated carbocycles. The Kier molecular flexibility index (Phi) is 3.18. The quantitative estimate of drug-likeness (QED) is 0.509. The first-order valence-electron chi connectivity index (χ1n) is 4.57. The number of nitro benzene ring substituents is 1.